The molecule has 1 aromatic heterocycles. The quantitative estimate of drug-likeness (QED) is 0.611. The molecule has 1 aliphatic heterocycles. The summed E-state index contributed by atoms with van der Waals surface area (Å²) in [5, 5.41) is 6.60. The summed E-state index contributed by atoms with van der Waals surface area (Å²) in [7, 11) is 3.26. The molecule has 0 unspecified atom stereocenters. The minimum Gasteiger partial charge on any atom is -0.497 e. The Morgan fingerprint density at radius 3 is 2.24 bits per heavy atom. The van der Waals surface area contributed by atoms with Crippen LogP contribution in [0.15, 0.2) is 54.9 Å². The van der Waals surface area contributed by atoms with E-state index >= 15 is 0 Å². The van der Waals surface area contributed by atoms with Gasteiger partial charge in [-0.15, -0.1) is 0 Å². The Hall–Kier alpha value is -3.48. The first-order valence-corrected chi connectivity index (χ1v) is 9.68. The highest BCUT2D eigenvalue weighted by Crippen LogP contribution is 2.31. The highest BCUT2D eigenvalue weighted by Gasteiger charge is 2.12. The topological polar surface area (TPSA) is 71.5 Å². The van der Waals surface area contributed by atoms with Crippen molar-refractivity contribution in [3.63, 3.8) is 0 Å². The van der Waals surface area contributed by atoms with Gasteiger partial charge in [-0.3, -0.25) is 0 Å². The van der Waals surface area contributed by atoms with Gasteiger partial charge in [0.2, 0.25) is 0 Å². The van der Waals surface area contributed by atoms with Gasteiger partial charge in [0, 0.05) is 36.6 Å². The molecule has 0 bridgehead atoms. The molecule has 4 rings (SSSR count). The van der Waals surface area contributed by atoms with Crippen LogP contribution in [0, 0.1) is 0 Å². The molecule has 0 radical (unpaired) electrons. The van der Waals surface area contributed by atoms with Crippen molar-refractivity contribution in [1.82, 2.24) is 9.97 Å². The molecule has 0 aliphatic carbocycles. The smallest absolute Gasteiger partial charge is 0.142 e. The van der Waals surface area contributed by atoms with Crippen molar-refractivity contribution in [2.45, 2.75) is 12.8 Å². The lowest BCUT2D eigenvalue weighted by atomic mass is 10.2. The average Bonchev–Trinajstić information content (AvgIpc) is 3.29. The number of ether oxygens (including phenoxy) is 2. The monoisotopic (exact) mass is 391 g/mol. The molecule has 0 amide bonds. The number of nitrogens with zero attached hydrogens (tertiary/aromatic N) is 3. The molecule has 2 heterocycles. The minimum atomic E-state index is 0.655. The van der Waals surface area contributed by atoms with E-state index in [9.17, 15) is 0 Å². The average molecular weight is 391 g/mol. The summed E-state index contributed by atoms with van der Waals surface area (Å²) in [6.45, 7) is 2.28. The molecule has 1 fully saturated rings. The van der Waals surface area contributed by atoms with E-state index in [0.717, 1.165) is 30.2 Å². The summed E-state index contributed by atoms with van der Waals surface area (Å²) in [6, 6.07) is 15.9. The zero-order valence-electron chi connectivity index (χ0n) is 16.7. The van der Waals surface area contributed by atoms with E-state index in [0.29, 0.717) is 17.4 Å². The lowest BCUT2D eigenvalue weighted by molar-refractivity contribution is 0.405. The van der Waals surface area contributed by atoms with Crippen molar-refractivity contribution in [3.8, 4) is 11.5 Å². The van der Waals surface area contributed by atoms with Crippen molar-refractivity contribution in [3.05, 3.63) is 54.9 Å². The maximum absolute atomic E-state index is 5.42. The van der Waals surface area contributed by atoms with Crippen LogP contribution in [-0.4, -0.2) is 37.3 Å². The summed E-state index contributed by atoms with van der Waals surface area (Å²) in [5.74, 6) is 2.80. The first-order chi connectivity index (χ1) is 14.2. The molecule has 2 aromatic carbocycles. The normalized spacial score (nSPS) is 13.2. The summed E-state index contributed by atoms with van der Waals surface area (Å²) >= 11 is 0. The zero-order chi connectivity index (χ0) is 20.1. The van der Waals surface area contributed by atoms with Crippen LogP contribution in [0.25, 0.3) is 0 Å². The second-order valence-electron chi connectivity index (χ2n) is 6.85. The van der Waals surface area contributed by atoms with Crippen molar-refractivity contribution in [2.24, 2.45) is 0 Å². The van der Waals surface area contributed by atoms with Crippen LogP contribution >= 0.6 is 0 Å². The van der Waals surface area contributed by atoms with Gasteiger partial charge in [0.15, 0.2) is 0 Å². The fourth-order valence-corrected chi connectivity index (χ4v) is 3.42. The summed E-state index contributed by atoms with van der Waals surface area (Å²) in [6.07, 6.45) is 4.07. The second-order valence-corrected chi connectivity index (χ2v) is 6.85. The summed E-state index contributed by atoms with van der Waals surface area (Å²) in [5.41, 5.74) is 3.02. The lowest BCUT2D eigenvalue weighted by Gasteiger charge is -2.18. The molecule has 2 N–H and O–H groups in total. The zero-order valence-corrected chi connectivity index (χ0v) is 16.7. The van der Waals surface area contributed by atoms with Crippen LogP contribution in [-0.2, 0) is 0 Å². The standard InChI is InChI=1S/C22H25N5O2/c1-28-18-9-10-20(29-2)19(13-18)26-22-14-21(23-15-24-22)25-16-5-7-17(8-6-16)27-11-3-4-12-27/h5-10,13-15H,3-4,11-12H2,1-2H3,(H2,23,24,25,26). The number of hydrogen-bond acceptors (Lipinski definition) is 7. The van der Waals surface area contributed by atoms with Crippen molar-refractivity contribution >= 4 is 28.7 Å². The number of methoxy groups -OCH3 is 2. The highest BCUT2D eigenvalue weighted by molar-refractivity contribution is 5.69. The molecule has 0 atom stereocenters. The Morgan fingerprint density at radius 2 is 1.55 bits per heavy atom. The fraction of sp³-hybridized carbons (Fsp3) is 0.273. The predicted octanol–water partition coefficient (Wildman–Crippen LogP) is 4.58. The minimum absolute atomic E-state index is 0.655. The lowest BCUT2D eigenvalue weighted by Crippen LogP contribution is -2.17. The Labute approximate surface area is 170 Å². The second kappa shape index (κ2) is 8.68. The number of benzene rings is 2. The molecule has 150 valence electrons. The first kappa shape index (κ1) is 18.9. The maximum Gasteiger partial charge on any atom is 0.142 e. The largest absolute Gasteiger partial charge is 0.497 e. The van der Waals surface area contributed by atoms with Crippen LogP contribution in [0.3, 0.4) is 0 Å². The van der Waals surface area contributed by atoms with Gasteiger partial charge in [0.1, 0.15) is 29.5 Å². The molecule has 0 spiro atoms. The third kappa shape index (κ3) is 4.51. The van der Waals surface area contributed by atoms with E-state index < -0.39 is 0 Å². The van der Waals surface area contributed by atoms with Gasteiger partial charge in [-0.2, -0.15) is 0 Å². The van der Waals surface area contributed by atoms with E-state index in [2.05, 4.69) is 49.8 Å². The van der Waals surface area contributed by atoms with Gasteiger partial charge in [-0.25, -0.2) is 9.97 Å². The molecule has 1 aliphatic rings. The van der Waals surface area contributed by atoms with E-state index in [4.69, 9.17) is 9.47 Å². The SMILES string of the molecule is COc1ccc(OC)c(Nc2cc(Nc3ccc(N4CCCC4)cc3)ncn2)c1. The number of rotatable bonds is 7. The predicted molar refractivity (Wildman–Crippen MR) is 116 cm³/mol. The first-order valence-electron chi connectivity index (χ1n) is 9.68. The molecule has 7 nitrogen and oxygen atoms in total. The van der Waals surface area contributed by atoms with Crippen LogP contribution in [0.2, 0.25) is 0 Å². The number of anilines is 5. The Morgan fingerprint density at radius 1 is 0.828 bits per heavy atom. The van der Waals surface area contributed by atoms with Gasteiger partial charge in [0.05, 0.1) is 19.9 Å². The molecule has 7 heteroatoms. The van der Waals surface area contributed by atoms with E-state index in [-0.39, 0.29) is 0 Å². The van der Waals surface area contributed by atoms with Gasteiger partial charge in [-0.05, 0) is 49.2 Å². The highest BCUT2D eigenvalue weighted by atomic mass is 16.5. The molecular formula is C22H25N5O2. The van der Waals surface area contributed by atoms with Gasteiger partial charge < -0.3 is 25.0 Å². The number of aromatic nitrogens is 2. The fourth-order valence-electron chi connectivity index (χ4n) is 3.42. The maximum atomic E-state index is 5.42. The Bertz CT molecular complexity index is 956. The van der Waals surface area contributed by atoms with Crippen molar-refractivity contribution in [2.75, 3.05) is 42.8 Å². The van der Waals surface area contributed by atoms with Crippen LogP contribution in [0.4, 0.5) is 28.7 Å². The number of hydrogen-bond donors (Lipinski definition) is 2. The van der Waals surface area contributed by atoms with Gasteiger partial charge in [-0.1, -0.05) is 0 Å². The van der Waals surface area contributed by atoms with Gasteiger partial charge in [0.25, 0.3) is 0 Å². The van der Waals surface area contributed by atoms with Crippen LogP contribution < -0.4 is 25.0 Å². The molecule has 3 aromatic rings. The van der Waals surface area contributed by atoms with Crippen LogP contribution in [0.1, 0.15) is 12.8 Å². The van der Waals surface area contributed by atoms with Crippen molar-refractivity contribution in [1.29, 1.82) is 0 Å². The van der Waals surface area contributed by atoms with Gasteiger partial charge >= 0.3 is 0 Å². The summed E-state index contributed by atoms with van der Waals surface area (Å²) in [4.78, 5) is 11.0. The van der Waals surface area contributed by atoms with E-state index in [1.807, 2.05) is 24.3 Å². The molecule has 1 saturated heterocycles. The molecule has 0 saturated carbocycles. The third-order valence-corrected chi connectivity index (χ3v) is 4.95. The molecule has 29 heavy (non-hydrogen) atoms. The van der Waals surface area contributed by atoms with E-state index in [1.54, 1.807) is 14.2 Å². The van der Waals surface area contributed by atoms with E-state index in [1.165, 1.54) is 24.9 Å². The third-order valence-electron chi connectivity index (χ3n) is 4.95. The number of nitrogens with one attached hydrogen (secondary N) is 2. The molecular weight excluding hydrogens is 366 g/mol. The Kier molecular flexibility index (Phi) is 5.65. The van der Waals surface area contributed by atoms with Crippen molar-refractivity contribution < 1.29 is 9.47 Å². The summed E-state index contributed by atoms with van der Waals surface area (Å²) < 4.78 is 10.7. The van der Waals surface area contributed by atoms with Crippen LogP contribution in [0.5, 0.6) is 11.5 Å². The Balaban J connectivity index is 1.47.